The summed E-state index contributed by atoms with van der Waals surface area (Å²) < 4.78 is 0. The fraction of sp³-hybridized carbons (Fsp3) is 0.636. The van der Waals surface area contributed by atoms with E-state index in [-0.39, 0.29) is 11.7 Å². The minimum atomic E-state index is -1.54. The minimum absolute atomic E-state index is 0.152. The molecule has 0 aliphatic carbocycles. The Kier molecular flexibility index (Phi) is 18.1. The molecule has 11 N–H and O–H groups in total. The maximum absolute atomic E-state index is 12.3. The number of rotatable bonds is 19. The van der Waals surface area contributed by atoms with E-state index in [1.54, 1.807) is 0 Å². The summed E-state index contributed by atoms with van der Waals surface area (Å²) in [6.45, 7) is 0.284. The number of aliphatic carboxylic acids is 1. The molecular weight excluding hydrogens is 568 g/mol. The Balaban J connectivity index is 4.33. The first-order valence-corrected chi connectivity index (χ1v) is 13.0. The number of hydrogen-bond acceptors (Lipinski definition) is 11. The third-order valence-electron chi connectivity index (χ3n) is 4.90. The van der Waals surface area contributed by atoms with Crippen LogP contribution < -0.4 is 43.0 Å². The number of carbonyl (C=O) groups is 8. The monoisotopic (exact) mass is 606 g/mol. The van der Waals surface area contributed by atoms with Crippen LogP contribution in [0.15, 0.2) is 0 Å². The average molecular weight is 607 g/mol. The van der Waals surface area contributed by atoms with Crippen molar-refractivity contribution in [3.8, 4) is 0 Å². The zero-order chi connectivity index (χ0) is 31.5. The Morgan fingerprint density at radius 2 is 1.05 bits per heavy atom. The lowest BCUT2D eigenvalue weighted by Gasteiger charge is -2.17. The summed E-state index contributed by atoms with van der Waals surface area (Å²) in [6.07, 6.45) is 0.435. The minimum Gasteiger partial charge on any atom is -0.480 e. The zero-order valence-corrected chi connectivity index (χ0v) is 23.5. The molecule has 41 heavy (non-hydrogen) atoms. The predicted molar refractivity (Wildman–Crippen MR) is 145 cm³/mol. The lowest BCUT2D eigenvalue weighted by atomic mass is 10.0. The number of aliphatic hydroxyl groups excluding tert-OH is 1. The van der Waals surface area contributed by atoms with Gasteiger partial charge in [0, 0.05) is 5.75 Å². The van der Waals surface area contributed by atoms with Crippen LogP contribution in [0.4, 0.5) is 0 Å². The maximum atomic E-state index is 12.3. The molecule has 0 aliphatic heterocycles. The molecular formula is C22H38N8O10S. The molecule has 0 radical (unpaired) electrons. The highest BCUT2D eigenvalue weighted by Crippen LogP contribution is 2.02. The van der Waals surface area contributed by atoms with Crippen molar-refractivity contribution in [3.05, 3.63) is 0 Å². The summed E-state index contributed by atoms with van der Waals surface area (Å²) in [7, 11) is 0. The molecule has 19 heteroatoms. The molecule has 0 heterocycles. The Bertz CT molecular complexity index is 965. The molecule has 0 saturated carbocycles. The Labute approximate surface area is 241 Å². The second-order valence-corrected chi connectivity index (χ2v) is 9.31. The van der Waals surface area contributed by atoms with Crippen molar-refractivity contribution in [2.45, 2.75) is 38.4 Å². The highest BCUT2D eigenvalue weighted by molar-refractivity contribution is 7.80. The lowest BCUT2D eigenvalue weighted by Crippen LogP contribution is -2.53. The van der Waals surface area contributed by atoms with Gasteiger partial charge in [-0.25, -0.2) is 4.79 Å². The molecule has 0 unspecified atom stereocenters. The average Bonchev–Trinajstić information content (AvgIpc) is 2.91. The molecule has 0 saturated heterocycles. The number of carboxylic acid groups (broad SMARTS) is 1. The van der Waals surface area contributed by atoms with Gasteiger partial charge in [0.1, 0.15) is 12.1 Å². The SMILES string of the molecule is CC(C)C[C@H](N)C(=O)NCC(=O)NCC(=O)N[C@@H](CS)C(=O)NCC(=O)NCC(=O)NCC(=O)N[C@@H](CO)C(=O)O. The standard InChI is InChI=1S/C22H38N8O10S/c1-11(2)3-12(23)20(37)27-5-16(33)26-8-19(36)30-14(10-41)21(38)28-6-17(34)24-4-15(32)25-7-18(35)29-13(9-31)22(39)40/h11-14,31,41H,3-10,23H2,1-2H3,(H,24,34)(H,25,32)(H,26,33)(H,27,37)(H,28,38)(H,29,35)(H,30,36)(H,39,40)/t12-,13-,14-/m0/s1. The topological polar surface area (TPSA) is 287 Å². The number of carbonyl (C=O) groups excluding carboxylic acids is 7. The number of nitrogens with two attached hydrogens (primary N) is 1. The Morgan fingerprint density at radius 1 is 0.659 bits per heavy atom. The van der Waals surface area contributed by atoms with Crippen molar-refractivity contribution >= 4 is 59.9 Å². The highest BCUT2D eigenvalue weighted by Gasteiger charge is 2.21. The van der Waals surface area contributed by atoms with E-state index < -0.39 is 105 Å². The quantitative estimate of drug-likeness (QED) is 0.0615. The van der Waals surface area contributed by atoms with Gasteiger partial charge in [0.05, 0.1) is 45.4 Å². The van der Waals surface area contributed by atoms with Crippen LogP contribution in [-0.4, -0.2) is 121 Å². The van der Waals surface area contributed by atoms with Crippen molar-refractivity contribution in [3.63, 3.8) is 0 Å². The van der Waals surface area contributed by atoms with Crippen molar-refractivity contribution in [1.82, 2.24) is 37.2 Å². The Morgan fingerprint density at radius 3 is 1.44 bits per heavy atom. The van der Waals surface area contributed by atoms with E-state index in [0.717, 1.165) is 0 Å². The second kappa shape index (κ2) is 20.0. The molecule has 0 fully saturated rings. The van der Waals surface area contributed by atoms with Crippen LogP contribution in [-0.2, 0) is 38.4 Å². The Hall–Kier alpha value is -3.97. The molecule has 0 aromatic heterocycles. The predicted octanol–water partition coefficient (Wildman–Crippen LogP) is -6.08. The van der Waals surface area contributed by atoms with E-state index >= 15 is 0 Å². The summed E-state index contributed by atoms with van der Waals surface area (Å²) in [5, 5.41) is 33.0. The normalized spacial score (nSPS) is 12.6. The van der Waals surface area contributed by atoms with Gasteiger partial charge in [0.15, 0.2) is 0 Å². The van der Waals surface area contributed by atoms with Gasteiger partial charge in [-0.15, -0.1) is 0 Å². The van der Waals surface area contributed by atoms with Gasteiger partial charge in [0.25, 0.3) is 0 Å². The highest BCUT2D eigenvalue weighted by atomic mass is 32.1. The first kappa shape index (κ1) is 37.0. The van der Waals surface area contributed by atoms with E-state index in [2.05, 4.69) is 44.5 Å². The van der Waals surface area contributed by atoms with Crippen LogP contribution in [0.1, 0.15) is 20.3 Å². The van der Waals surface area contributed by atoms with E-state index in [1.807, 2.05) is 19.2 Å². The molecule has 0 bridgehead atoms. The maximum Gasteiger partial charge on any atom is 0.328 e. The van der Waals surface area contributed by atoms with Gasteiger partial charge < -0.3 is 53.2 Å². The van der Waals surface area contributed by atoms with Crippen LogP contribution in [0.5, 0.6) is 0 Å². The molecule has 0 aliphatic rings. The lowest BCUT2D eigenvalue weighted by molar-refractivity contribution is -0.142. The molecule has 18 nitrogen and oxygen atoms in total. The van der Waals surface area contributed by atoms with Crippen molar-refractivity contribution in [2.24, 2.45) is 11.7 Å². The fourth-order valence-corrected chi connectivity index (χ4v) is 3.06. The fourth-order valence-electron chi connectivity index (χ4n) is 2.80. The summed E-state index contributed by atoms with van der Waals surface area (Å²) in [4.78, 5) is 94.0. The number of thiol groups is 1. The second-order valence-electron chi connectivity index (χ2n) is 8.95. The number of carboxylic acids is 1. The van der Waals surface area contributed by atoms with Crippen LogP contribution in [0.25, 0.3) is 0 Å². The van der Waals surface area contributed by atoms with Crippen molar-refractivity contribution in [1.29, 1.82) is 0 Å². The van der Waals surface area contributed by atoms with Crippen LogP contribution in [0.2, 0.25) is 0 Å². The van der Waals surface area contributed by atoms with Crippen LogP contribution >= 0.6 is 12.6 Å². The number of aliphatic hydroxyl groups is 1. The molecule has 0 spiro atoms. The van der Waals surface area contributed by atoms with Gasteiger partial charge in [0.2, 0.25) is 41.4 Å². The number of nitrogens with one attached hydrogen (secondary N) is 7. The largest absolute Gasteiger partial charge is 0.480 e. The van der Waals surface area contributed by atoms with E-state index in [4.69, 9.17) is 15.9 Å². The van der Waals surface area contributed by atoms with Gasteiger partial charge in [-0.05, 0) is 12.3 Å². The first-order chi connectivity index (χ1) is 19.2. The van der Waals surface area contributed by atoms with Crippen molar-refractivity contribution < 1.29 is 48.6 Å². The smallest absolute Gasteiger partial charge is 0.328 e. The van der Waals surface area contributed by atoms with Gasteiger partial charge >= 0.3 is 5.97 Å². The molecule has 0 aromatic carbocycles. The van der Waals surface area contributed by atoms with Gasteiger partial charge in [-0.1, -0.05) is 13.8 Å². The third kappa shape index (κ3) is 17.4. The van der Waals surface area contributed by atoms with E-state index in [9.17, 15) is 38.4 Å². The van der Waals surface area contributed by atoms with Gasteiger partial charge in [-0.2, -0.15) is 12.6 Å². The molecule has 7 amide bonds. The molecule has 232 valence electrons. The first-order valence-electron chi connectivity index (χ1n) is 12.3. The number of hydrogen-bond donors (Lipinski definition) is 11. The van der Waals surface area contributed by atoms with E-state index in [1.165, 1.54) is 0 Å². The van der Waals surface area contributed by atoms with Crippen LogP contribution in [0.3, 0.4) is 0 Å². The summed E-state index contributed by atoms with van der Waals surface area (Å²) in [6, 6.07) is -3.48. The third-order valence-corrected chi connectivity index (χ3v) is 5.26. The summed E-state index contributed by atoms with van der Waals surface area (Å²) in [5.41, 5.74) is 5.71. The summed E-state index contributed by atoms with van der Waals surface area (Å²) >= 11 is 3.97. The zero-order valence-electron chi connectivity index (χ0n) is 22.7. The van der Waals surface area contributed by atoms with E-state index in [0.29, 0.717) is 6.42 Å². The molecule has 0 aromatic rings. The summed E-state index contributed by atoms with van der Waals surface area (Å²) in [5.74, 6) is -6.57. The van der Waals surface area contributed by atoms with Gasteiger partial charge in [-0.3, -0.25) is 33.6 Å². The number of amides is 7. The molecule has 3 atom stereocenters. The van der Waals surface area contributed by atoms with Crippen LogP contribution in [0, 0.1) is 5.92 Å². The van der Waals surface area contributed by atoms with Crippen molar-refractivity contribution in [2.75, 3.05) is 45.1 Å². The molecule has 0 rings (SSSR count).